The van der Waals surface area contributed by atoms with Gasteiger partial charge >= 0.3 is 0 Å². The molecule has 1 aromatic heterocycles. The molecule has 0 radical (unpaired) electrons. The van der Waals surface area contributed by atoms with Crippen molar-refractivity contribution in [2.75, 3.05) is 20.2 Å². The van der Waals surface area contributed by atoms with E-state index in [-0.39, 0.29) is 5.92 Å². The number of methoxy groups -OCH3 is 1. The van der Waals surface area contributed by atoms with Crippen molar-refractivity contribution < 1.29 is 17.7 Å². The van der Waals surface area contributed by atoms with Crippen LogP contribution in [0.1, 0.15) is 29.6 Å². The van der Waals surface area contributed by atoms with E-state index in [0.29, 0.717) is 47.4 Å². The second-order valence-electron chi connectivity index (χ2n) is 5.66. The smallest absolute Gasteiger partial charge is 0.243 e. The lowest BCUT2D eigenvalue weighted by Crippen LogP contribution is -2.29. The largest absolute Gasteiger partial charge is 0.497 e. The zero-order valence-corrected chi connectivity index (χ0v) is 14.1. The standard InChI is InChI=1S/C15H19N3O4S/c1-10-8-13(21-3)4-5-14(10)23(19,20)18-7-6-12(9-18)15-16-11(2)17-22-15/h4-5,8,12H,6-7,9H2,1-3H3/t12-/m0/s1. The van der Waals surface area contributed by atoms with Gasteiger partial charge in [-0.2, -0.15) is 9.29 Å². The number of aromatic nitrogens is 2. The quantitative estimate of drug-likeness (QED) is 0.847. The summed E-state index contributed by atoms with van der Waals surface area (Å²) >= 11 is 0. The Bertz CT molecular complexity index is 816. The second kappa shape index (κ2) is 5.93. The fraction of sp³-hybridized carbons (Fsp3) is 0.467. The average Bonchev–Trinajstić information content (AvgIpc) is 3.15. The molecular weight excluding hydrogens is 318 g/mol. The summed E-state index contributed by atoms with van der Waals surface area (Å²) < 4.78 is 37.5. The summed E-state index contributed by atoms with van der Waals surface area (Å²) in [6, 6.07) is 4.98. The van der Waals surface area contributed by atoms with Gasteiger partial charge in [0.25, 0.3) is 0 Å². The molecule has 2 heterocycles. The number of benzene rings is 1. The van der Waals surface area contributed by atoms with E-state index in [0.717, 1.165) is 0 Å². The highest BCUT2D eigenvalue weighted by Gasteiger charge is 2.36. The number of rotatable bonds is 4. The lowest BCUT2D eigenvalue weighted by molar-refractivity contribution is 0.351. The van der Waals surface area contributed by atoms with Crippen LogP contribution in [0.2, 0.25) is 0 Å². The van der Waals surface area contributed by atoms with Crippen molar-refractivity contribution in [1.82, 2.24) is 14.4 Å². The van der Waals surface area contributed by atoms with Crippen LogP contribution in [0.3, 0.4) is 0 Å². The maximum absolute atomic E-state index is 12.9. The van der Waals surface area contributed by atoms with Crippen LogP contribution in [0, 0.1) is 13.8 Å². The Balaban J connectivity index is 1.84. The molecule has 0 spiro atoms. The van der Waals surface area contributed by atoms with Crippen LogP contribution in [0.15, 0.2) is 27.6 Å². The van der Waals surface area contributed by atoms with Crippen molar-refractivity contribution in [3.8, 4) is 5.75 Å². The molecule has 8 heteroatoms. The van der Waals surface area contributed by atoms with Crippen LogP contribution < -0.4 is 4.74 Å². The Morgan fingerprint density at radius 2 is 2.13 bits per heavy atom. The summed E-state index contributed by atoms with van der Waals surface area (Å²) in [6.07, 6.45) is 0.677. The molecule has 0 unspecified atom stereocenters. The number of sulfonamides is 1. The van der Waals surface area contributed by atoms with Crippen molar-refractivity contribution in [3.63, 3.8) is 0 Å². The van der Waals surface area contributed by atoms with Crippen molar-refractivity contribution in [3.05, 3.63) is 35.5 Å². The highest BCUT2D eigenvalue weighted by Crippen LogP contribution is 2.32. The fourth-order valence-electron chi connectivity index (χ4n) is 2.80. The molecule has 3 rings (SSSR count). The minimum absolute atomic E-state index is 0.0514. The lowest BCUT2D eigenvalue weighted by Gasteiger charge is -2.18. The van der Waals surface area contributed by atoms with Crippen molar-refractivity contribution in [2.24, 2.45) is 0 Å². The van der Waals surface area contributed by atoms with Crippen LogP contribution in [-0.2, 0) is 10.0 Å². The summed E-state index contributed by atoms with van der Waals surface area (Å²) in [5.41, 5.74) is 0.668. The number of nitrogens with zero attached hydrogens (tertiary/aromatic N) is 3. The third kappa shape index (κ3) is 2.96. The Morgan fingerprint density at radius 1 is 1.35 bits per heavy atom. The molecule has 1 saturated heterocycles. The van der Waals surface area contributed by atoms with Gasteiger partial charge in [0, 0.05) is 13.1 Å². The molecule has 23 heavy (non-hydrogen) atoms. The first-order valence-electron chi connectivity index (χ1n) is 7.37. The SMILES string of the molecule is COc1ccc(S(=O)(=O)N2CC[C@H](c3nc(C)no3)C2)c(C)c1. The lowest BCUT2D eigenvalue weighted by atomic mass is 10.1. The third-order valence-electron chi connectivity index (χ3n) is 4.04. The third-order valence-corrected chi connectivity index (χ3v) is 6.07. The molecule has 7 nitrogen and oxygen atoms in total. The second-order valence-corrected chi connectivity index (χ2v) is 7.57. The van der Waals surface area contributed by atoms with Crippen LogP contribution >= 0.6 is 0 Å². The van der Waals surface area contributed by atoms with Gasteiger partial charge in [0.2, 0.25) is 15.9 Å². The molecule has 0 aliphatic carbocycles. The summed E-state index contributed by atoms with van der Waals surface area (Å²) in [6.45, 7) is 4.32. The predicted octanol–water partition coefficient (Wildman–Crippen LogP) is 1.87. The summed E-state index contributed by atoms with van der Waals surface area (Å²) in [7, 11) is -1.98. The van der Waals surface area contributed by atoms with Gasteiger partial charge in [-0.15, -0.1) is 0 Å². The molecule has 1 atom stereocenters. The van der Waals surface area contributed by atoms with Gasteiger partial charge in [-0.25, -0.2) is 8.42 Å². The van der Waals surface area contributed by atoms with Crippen molar-refractivity contribution >= 4 is 10.0 Å². The van der Waals surface area contributed by atoms with E-state index in [1.54, 1.807) is 39.2 Å². The first kappa shape index (κ1) is 15.9. The Kier molecular flexibility index (Phi) is 4.11. The van der Waals surface area contributed by atoms with Crippen LogP contribution in [0.4, 0.5) is 0 Å². The van der Waals surface area contributed by atoms with Crippen LogP contribution in [0.25, 0.3) is 0 Å². The van der Waals surface area contributed by atoms with E-state index in [2.05, 4.69) is 10.1 Å². The summed E-state index contributed by atoms with van der Waals surface area (Å²) in [5.74, 6) is 1.66. The van der Waals surface area contributed by atoms with Gasteiger partial charge in [0.05, 0.1) is 17.9 Å². The van der Waals surface area contributed by atoms with E-state index >= 15 is 0 Å². The molecule has 2 aromatic rings. The minimum Gasteiger partial charge on any atom is -0.497 e. The number of hydrogen-bond donors (Lipinski definition) is 0. The molecular formula is C15H19N3O4S. The molecule has 1 aromatic carbocycles. The zero-order chi connectivity index (χ0) is 16.6. The van der Waals surface area contributed by atoms with Gasteiger partial charge in [-0.3, -0.25) is 0 Å². The number of aryl methyl sites for hydroxylation is 2. The zero-order valence-electron chi connectivity index (χ0n) is 13.3. The van der Waals surface area contributed by atoms with Gasteiger partial charge < -0.3 is 9.26 Å². The normalized spacial score (nSPS) is 19.2. The van der Waals surface area contributed by atoms with E-state index in [9.17, 15) is 8.42 Å². The first-order valence-corrected chi connectivity index (χ1v) is 8.81. The van der Waals surface area contributed by atoms with E-state index in [4.69, 9.17) is 9.26 Å². The molecule has 1 aliphatic heterocycles. The maximum Gasteiger partial charge on any atom is 0.243 e. The number of ether oxygens (including phenoxy) is 1. The summed E-state index contributed by atoms with van der Waals surface area (Å²) in [4.78, 5) is 4.51. The van der Waals surface area contributed by atoms with Crippen molar-refractivity contribution in [2.45, 2.75) is 31.1 Å². The highest BCUT2D eigenvalue weighted by molar-refractivity contribution is 7.89. The van der Waals surface area contributed by atoms with Crippen molar-refractivity contribution in [1.29, 1.82) is 0 Å². The van der Waals surface area contributed by atoms with Gasteiger partial charge in [-0.1, -0.05) is 5.16 Å². The Morgan fingerprint density at radius 3 is 2.74 bits per heavy atom. The van der Waals surface area contributed by atoms with Crippen LogP contribution in [-0.4, -0.2) is 43.1 Å². The van der Waals surface area contributed by atoms with E-state index in [1.165, 1.54) is 4.31 Å². The highest BCUT2D eigenvalue weighted by atomic mass is 32.2. The predicted molar refractivity (Wildman–Crippen MR) is 82.9 cm³/mol. The molecule has 1 fully saturated rings. The molecule has 124 valence electrons. The molecule has 0 amide bonds. The van der Waals surface area contributed by atoms with E-state index in [1.807, 2.05) is 0 Å². The molecule has 0 bridgehead atoms. The Hall–Kier alpha value is -1.93. The average molecular weight is 337 g/mol. The minimum atomic E-state index is -3.54. The van der Waals surface area contributed by atoms with Gasteiger partial charge in [0.1, 0.15) is 5.75 Å². The number of hydrogen-bond acceptors (Lipinski definition) is 6. The van der Waals surface area contributed by atoms with Crippen LogP contribution in [0.5, 0.6) is 5.75 Å². The van der Waals surface area contributed by atoms with Gasteiger partial charge in [-0.05, 0) is 44.0 Å². The molecule has 0 saturated carbocycles. The van der Waals surface area contributed by atoms with E-state index < -0.39 is 10.0 Å². The topological polar surface area (TPSA) is 85.5 Å². The Labute approximate surface area is 135 Å². The first-order chi connectivity index (χ1) is 10.9. The summed E-state index contributed by atoms with van der Waals surface area (Å²) in [5, 5.41) is 3.77. The molecule has 0 N–H and O–H groups in total. The fourth-order valence-corrected chi connectivity index (χ4v) is 4.51. The van der Waals surface area contributed by atoms with Gasteiger partial charge in [0.15, 0.2) is 5.82 Å². The monoisotopic (exact) mass is 337 g/mol. The maximum atomic E-state index is 12.9. The molecule has 1 aliphatic rings.